The number of hydrogen-bond donors (Lipinski definition) is 1. The SMILES string of the molecule is O=C(O)c1cc(Br)cnc1N1CCCC(C(F)(F)F)C1. The van der Waals surface area contributed by atoms with Crippen molar-refractivity contribution in [2.75, 3.05) is 18.0 Å². The molecule has 110 valence electrons. The van der Waals surface area contributed by atoms with Crippen LogP contribution in [0.15, 0.2) is 16.7 Å². The Labute approximate surface area is 121 Å². The summed E-state index contributed by atoms with van der Waals surface area (Å²) < 4.78 is 38.8. The van der Waals surface area contributed by atoms with Gasteiger partial charge in [-0.15, -0.1) is 0 Å². The number of carbonyl (C=O) groups is 1. The molecule has 0 aromatic carbocycles. The Hall–Kier alpha value is -1.31. The highest BCUT2D eigenvalue weighted by Crippen LogP contribution is 2.35. The number of carboxylic acid groups (broad SMARTS) is 1. The van der Waals surface area contributed by atoms with E-state index >= 15 is 0 Å². The van der Waals surface area contributed by atoms with Crippen LogP contribution in [0.4, 0.5) is 19.0 Å². The lowest BCUT2D eigenvalue weighted by molar-refractivity contribution is -0.176. The molecular formula is C12H12BrF3N2O2. The number of hydrogen-bond acceptors (Lipinski definition) is 3. The Kier molecular flexibility index (Phi) is 4.22. The Morgan fingerprint density at radius 2 is 2.20 bits per heavy atom. The van der Waals surface area contributed by atoms with Gasteiger partial charge in [0.25, 0.3) is 0 Å². The molecule has 2 rings (SSSR count). The summed E-state index contributed by atoms with van der Waals surface area (Å²) in [6.45, 7) is 0.125. The van der Waals surface area contributed by atoms with E-state index in [1.807, 2.05) is 0 Å². The molecule has 1 atom stereocenters. The largest absolute Gasteiger partial charge is 0.478 e. The van der Waals surface area contributed by atoms with Crippen LogP contribution in [0.5, 0.6) is 0 Å². The fraction of sp³-hybridized carbons (Fsp3) is 0.500. The van der Waals surface area contributed by atoms with E-state index in [1.165, 1.54) is 17.2 Å². The van der Waals surface area contributed by atoms with Gasteiger partial charge in [0.1, 0.15) is 11.4 Å². The number of rotatable bonds is 2. The number of anilines is 1. The third-order valence-electron chi connectivity index (χ3n) is 3.25. The summed E-state index contributed by atoms with van der Waals surface area (Å²) in [4.78, 5) is 16.6. The highest BCUT2D eigenvalue weighted by Gasteiger charge is 2.42. The number of aromatic nitrogens is 1. The summed E-state index contributed by atoms with van der Waals surface area (Å²) >= 11 is 3.11. The van der Waals surface area contributed by atoms with Crippen LogP contribution in [0.25, 0.3) is 0 Å². The summed E-state index contributed by atoms with van der Waals surface area (Å²) in [6.07, 6.45) is -2.45. The Morgan fingerprint density at radius 3 is 2.80 bits per heavy atom. The van der Waals surface area contributed by atoms with Crippen LogP contribution >= 0.6 is 15.9 Å². The van der Waals surface area contributed by atoms with Gasteiger partial charge in [-0.2, -0.15) is 13.2 Å². The number of carboxylic acids is 1. The van der Waals surface area contributed by atoms with E-state index in [4.69, 9.17) is 5.11 Å². The van der Waals surface area contributed by atoms with Crippen molar-refractivity contribution in [2.24, 2.45) is 5.92 Å². The number of pyridine rings is 1. The van der Waals surface area contributed by atoms with Crippen LogP contribution in [0, 0.1) is 5.92 Å². The summed E-state index contributed by atoms with van der Waals surface area (Å²) in [6, 6.07) is 1.35. The normalized spacial score (nSPS) is 20.0. The van der Waals surface area contributed by atoms with Crippen LogP contribution in [0.3, 0.4) is 0 Å². The molecule has 20 heavy (non-hydrogen) atoms. The van der Waals surface area contributed by atoms with Crippen molar-refractivity contribution in [3.05, 3.63) is 22.3 Å². The molecule has 8 heteroatoms. The van der Waals surface area contributed by atoms with Gasteiger partial charge in [0.15, 0.2) is 0 Å². The molecule has 0 saturated carbocycles. The monoisotopic (exact) mass is 352 g/mol. The highest BCUT2D eigenvalue weighted by molar-refractivity contribution is 9.10. The third-order valence-corrected chi connectivity index (χ3v) is 3.68. The number of nitrogens with zero attached hydrogens (tertiary/aromatic N) is 2. The predicted octanol–water partition coefficient (Wildman–Crippen LogP) is 3.32. The topological polar surface area (TPSA) is 53.4 Å². The van der Waals surface area contributed by atoms with Crippen molar-refractivity contribution in [1.29, 1.82) is 0 Å². The Balaban J connectivity index is 2.29. The van der Waals surface area contributed by atoms with Crippen LogP contribution in [0.2, 0.25) is 0 Å². The summed E-state index contributed by atoms with van der Waals surface area (Å²) in [5, 5.41) is 9.14. The van der Waals surface area contributed by atoms with E-state index in [0.717, 1.165) is 0 Å². The second-order valence-corrected chi connectivity index (χ2v) is 5.57. The lowest BCUT2D eigenvalue weighted by atomic mass is 9.97. The van der Waals surface area contributed by atoms with E-state index in [0.29, 0.717) is 17.4 Å². The fourth-order valence-electron chi connectivity index (χ4n) is 2.28. The number of aromatic carboxylic acids is 1. The standard InChI is InChI=1S/C12H12BrF3N2O2/c13-8-4-9(11(19)20)10(17-5-8)18-3-1-2-7(6-18)12(14,15)16/h4-5,7H,1-3,6H2,(H,19,20). The van der Waals surface area contributed by atoms with Crippen LogP contribution in [-0.4, -0.2) is 35.3 Å². The minimum Gasteiger partial charge on any atom is -0.478 e. The lowest BCUT2D eigenvalue weighted by Gasteiger charge is -2.35. The van der Waals surface area contributed by atoms with Gasteiger partial charge < -0.3 is 10.0 Å². The molecule has 0 radical (unpaired) electrons. The molecule has 0 aliphatic carbocycles. The van der Waals surface area contributed by atoms with Crippen molar-refractivity contribution in [1.82, 2.24) is 4.98 Å². The summed E-state index contributed by atoms with van der Waals surface area (Å²) in [5.74, 6) is -2.55. The first kappa shape index (κ1) is 15.1. The first-order chi connectivity index (χ1) is 9.29. The summed E-state index contributed by atoms with van der Waals surface area (Å²) in [5.41, 5.74) is -0.0952. The maximum atomic E-state index is 12.8. The minimum atomic E-state index is -4.27. The average Bonchev–Trinajstić information content (AvgIpc) is 2.37. The zero-order chi connectivity index (χ0) is 14.9. The van der Waals surface area contributed by atoms with E-state index < -0.39 is 18.1 Å². The number of alkyl halides is 3. The van der Waals surface area contributed by atoms with Crippen molar-refractivity contribution in [2.45, 2.75) is 19.0 Å². The zero-order valence-corrected chi connectivity index (χ0v) is 11.9. The van der Waals surface area contributed by atoms with Crippen molar-refractivity contribution < 1.29 is 23.1 Å². The first-order valence-electron chi connectivity index (χ1n) is 5.99. The minimum absolute atomic E-state index is 0.0684. The molecule has 1 fully saturated rings. The van der Waals surface area contributed by atoms with E-state index in [9.17, 15) is 18.0 Å². The molecule has 1 aromatic rings. The highest BCUT2D eigenvalue weighted by atomic mass is 79.9. The number of halogens is 4. The van der Waals surface area contributed by atoms with Crippen LogP contribution in [-0.2, 0) is 0 Å². The molecule has 1 unspecified atom stereocenters. The lowest BCUT2D eigenvalue weighted by Crippen LogP contribution is -2.42. The second-order valence-electron chi connectivity index (χ2n) is 4.66. The van der Waals surface area contributed by atoms with Crippen molar-refractivity contribution in [3.8, 4) is 0 Å². The van der Waals surface area contributed by atoms with E-state index in [2.05, 4.69) is 20.9 Å². The quantitative estimate of drug-likeness (QED) is 0.886. The van der Waals surface area contributed by atoms with Gasteiger partial charge >= 0.3 is 12.1 Å². The Bertz CT molecular complexity index is 522. The molecule has 2 heterocycles. The van der Waals surface area contributed by atoms with Gasteiger partial charge in [0.2, 0.25) is 0 Å². The molecule has 0 spiro atoms. The molecule has 0 bridgehead atoms. The predicted molar refractivity (Wildman–Crippen MR) is 69.9 cm³/mol. The van der Waals surface area contributed by atoms with Crippen molar-refractivity contribution >= 4 is 27.7 Å². The average molecular weight is 353 g/mol. The first-order valence-corrected chi connectivity index (χ1v) is 6.79. The summed E-state index contributed by atoms with van der Waals surface area (Å²) in [7, 11) is 0. The Morgan fingerprint density at radius 1 is 1.50 bits per heavy atom. The van der Waals surface area contributed by atoms with E-state index in [-0.39, 0.29) is 24.3 Å². The van der Waals surface area contributed by atoms with Crippen LogP contribution in [0.1, 0.15) is 23.2 Å². The van der Waals surface area contributed by atoms with Crippen molar-refractivity contribution in [3.63, 3.8) is 0 Å². The molecule has 4 nitrogen and oxygen atoms in total. The molecule has 1 aliphatic rings. The third kappa shape index (κ3) is 3.23. The van der Waals surface area contributed by atoms with Gasteiger partial charge in [-0.05, 0) is 34.8 Å². The maximum Gasteiger partial charge on any atom is 0.393 e. The molecule has 1 aliphatic heterocycles. The smallest absolute Gasteiger partial charge is 0.393 e. The molecule has 1 aromatic heterocycles. The zero-order valence-electron chi connectivity index (χ0n) is 10.3. The second kappa shape index (κ2) is 5.59. The van der Waals surface area contributed by atoms with Gasteiger partial charge in [0, 0.05) is 23.8 Å². The molecular weight excluding hydrogens is 341 g/mol. The van der Waals surface area contributed by atoms with Gasteiger partial charge in [-0.3, -0.25) is 0 Å². The van der Waals surface area contributed by atoms with E-state index in [1.54, 1.807) is 0 Å². The van der Waals surface area contributed by atoms with Gasteiger partial charge in [-0.1, -0.05) is 0 Å². The fourth-order valence-corrected chi connectivity index (χ4v) is 2.61. The molecule has 1 N–H and O–H groups in total. The molecule has 1 saturated heterocycles. The molecule has 0 amide bonds. The maximum absolute atomic E-state index is 12.8. The van der Waals surface area contributed by atoms with Crippen LogP contribution < -0.4 is 4.90 Å². The number of piperidine rings is 1. The van der Waals surface area contributed by atoms with Gasteiger partial charge in [0.05, 0.1) is 5.92 Å². The van der Waals surface area contributed by atoms with Gasteiger partial charge in [-0.25, -0.2) is 9.78 Å².